The van der Waals surface area contributed by atoms with Crippen molar-refractivity contribution < 1.29 is 4.74 Å². The summed E-state index contributed by atoms with van der Waals surface area (Å²) in [5.41, 5.74) is 7.94. The van der Waals surface area contributed by atoms with Crippen molar-refractivity contribution >= 4 is 0 Å². The second-order valence-electron chi connectivity index (χ2n) is 4.69. The van der Waals surface area contributed by atoms with Gasteiger partial charge in [0.05, 0.1) is 12.3 Å². The monoisotopic (exact) mass is 272 g/mol. The molecule has 0 amide bonds. The average Bonchev–Trinajstić information content (AvgIpc) is 2.48. The molecule has 0 atom stereocenters. The van der Waals surface area contributed by atoms with Gasteiger partial charge in [0, 0.05) is 24.7 Å². The highest BCUT2D eigenvalue weighted by atomic mass is 16.5. The summed E-state index contributed by atoms with van der Waals surface area (Å²) in [6.45, 7) is 3.01. The lowest BCUT2D eigenvalue weighted by atomic mass is 10.1. The van der Waals surface area contributed by atoms with E-state index in [9.17, 15) is 4.79 Å². The van der Waals surface area contributed by atoms with E-state index in [2.05, 4.69) is 6.92 Å². The van der Waals surface area contributed by atoms with E-state index in [1.807, 2.05) is 30.3 Å². The maximum atomic E-state index is 12.1. The normalized spacial score (nSPS) is 10.6. The summed E-state index contributed by atoms with van der Waals surface area (Å²) in [5.74, 6) is 0.819. The Morgan fingerprint density at radius 3 is 2.75 bits per heavy atom. The van der Waals surface area contributed by atoms with Crippen molar-refractivity contribution in [1.82, 2.24) is 4.57 Å². The Morgan fingerprint density at radius 1 is 1.25 bits per heavy atom. The lowest BCUT2D eigenvalue weighted by Gasteiger charge is -2.11. The molecule has 2 N–H and O–H groups in total. The van der Waals surface area contributed by atoms with Crippen LogP contribution in [0, 0.1) is 0 Å². The van der Waals surface area contributed by atoms with Gasteiger partial charge in [-0.05, 0) is 24.6 Å². The summed E-state index contributed by atoms with van der Waals surface area (Å²) in [6, 6.07) is 11.5. The molecule has 0 spiro atoms. The summed E-state index contributed by atoms with van der Waals surface area (Å²) in [7, 11) is 1.76. The molecule has 0 radical (unpaired) electrons. The van der Waals surface area contributed by atoms with Crippen LogP contribution in [0.3, 0.4) is 0 Å². The molecule has 4 nitrogen and oxygen atoms in total. The van der Waals surface area contributed by atoms with Gasteiger partial charge in [0.15, 0.2) is 0 Å². The van der Waals surface area contributed by atoms with E-state index in [0.29, 0.717) is 12.2 Å². The lowest BCUT2D eigenvalue weighted by Crippen LogP contribution is -2.23. The summed E-state index contributed by atoms with van der Waals surface area (Å²) in [4.78, 5) is 12.1. The Labute approximate surface area is 118 Å². The third kappa shape index (κ3) is 2.91. The zero-order valence-corrected chi connectivity index (χ0v) is 11.9. The predicted molar refractivity (Wildman–Crippen MR) is 80.8 cm³/mol. The van der Waals surface area contributed by atoms with Crippen LogP contribution in [0.25, 0.3) is 11.3 Å². The highest BCUT2D eigenvalue weighted by molar-refractivity contribution is 5.61. The van der Waals surface area contributed by atoms with Crippen molar-refractivity contribution in [2.75, 3.05) is 6.61 Å². The minimum Gasteiger partial charge on any atom is -0.494 e. The highest BCUT2D eigenvalue weighted by Crippen LogP contribution is 2.23. The first-order valence-corrected chi connectivity index (χ1v) is 6.79. The molecule has 1 aromatic heterocycles. The van der Waals surface area contributed by atoms with Gasteiger partial charge in [-0.2, -0.15) is 0 Å². The molecule has 106 valence electrons. The zero-order valence-electron chi connectivity index (χ0n) is 11.9. The maximum Gasteiger partial charge on any atom is 0.255 e. The molecule has 0 aliphatic carbocycles. The summed E-state index contributed by atoms with van der Waals surface area (Å²) < 4.78 is 7.25. The van der Waals surface area contributed by atoms with E-state index in [4.69, 9.17) is 10.5 Å². The zero-order chi connectivity index (χ0) is 14.5. The standard InChI is InChI=1S/C16H20N2O2/c1-3-9-20-14-6-4-5-12(10-14)15-8-7-13(11-17)16(19)18(15)2/h4-8,10H,3,9,11,17H2,1-2H3. The van der Waals surface area contributed by atoms with Crippen LogP contribution in [-0.4, -0.2) is 11.2 Å². The minimum absolute atomic E-state index is 0.0510. The maximum absolute atomic E-state index is 12.1. The van der Waals surface area contributed by atoms with Crippen molar-refractivity contribution in [2.24, 2.45) is 12.8 Å². The van der Waals surface area contributed by atoms with Crippen LogP contribution in [0.2, 0.25) is 0 Å². The topological polar surface area (TPSA) is 57.2 Å². The molecule has 2 rings (SSSR count). The Hall–Kier alpha value is -2.07. The third-order valence-corrected chi connectivity index (χ3v) is 3.21. The van der Waals surface area contributed by atoms with Gasteiger partial charge < -0.3 is 15.0 Å². The van der Waals surface area contributed by atoms with Crippen LogP contribution in [0.1, 0.15) is 18.9 Å². The van der Waals surface area contributed by atoms with Crippen LogP contribution in [0.4, 0.5) is 0 Å². The molecule has 20 heavy (non-hydrogen) atoms. The second kappa shape index (κ2) is 6.39. The van der Waals surface area contributed by atoms with Crippen LogP contribution in [0.15, 0.2) is 41.2 Å². The molecule has 2 aromatic rings. The van der Waals surface area contributed by atoms with E-state index in [0.717, 1.165) is 23.4 Å². The third-order valence-electron chi connectivity index (χ3n) is 3.21. The van der Waals surface area contributed by atoms with E-state index < -0.39 is 0 Å². The number of aromatic nitrogens is 1. The molecule has 0 saturated heterocycles. The van der Waals surface area contributed by atoms with Gasteiger partial charge in [-0.3, -0.25) is 4.79 Å². The molecular weight excluding hydrogens is 252 g/mol. The fourth-order valence-electron chi connectivity index (χ4n) is 2.10. The van der Waals surface area contributed by atoms with Crippen LogP contribution in [-0.2, 0) is 13.6 Å². The summed E-state index contributed by atoms with van der Waals surface area (Å²) in [6.07, 6.45) is 0.966. The Bertz CT molecular complexity index is 647. The van der Waals surface area contributed by atoms with Crippen molar-refractivity contribution in [3.05, 3.63) is 52.3 Å². The molecular formula is C16H20N2O2. The first kappa shape index (κ1) is 14.3. The van der Waals surface area contributed by atoms with E-state index in [1.165, 1.54) is 0 Å². The van der Waals surface area contributed by atoms with Crippen LogP contribution >= 0.6 is 0 Å². The number of ether oxygens (including phenoxy) is 1. The predicted octanol–water partition coefficient (Wildman–Crippen LogP) is 2.30. The van der Waals surface area contributed by atoms with Gasteiger partial charge in [-0.25, -0.2) is 0 Å². The molecule has 0 aliphatic heterocycles. The molecule has 4 heteroatoms. The smallest absolute Gasteiger partial charge is 0.255 e. The second-order valence-corrected chi connectivity index (χ2v) is 4.69. The lowest BCUT2D eigenvalue weighted by molar-refractivity contribution is 0.317. The van der Waals surface area contributed by atoms with Gasteiger partial charge in [0.25, 0.3) is 5.56 Å². The number of nitrogens with zero attached hydrogens (tertiary/aromatic N) is 1. The number of rotatable bonds is 5. The molecule has 0 unspecified atom stereocenters. The first-order chi connectivity index (χ1) is 9.67. The van der Waals surface area contributed by atoms with Crippen molar-refractivity contribution in [3.63, 3.8) is 0 Å². The number of nitrogens with two attached hydrogens (primary N) is 1. The van der Waals surface area contributed by atoms with Crippen molar-refractivity contribution in [3.8, 4) is 17.0 Å². The SMILES string of the molecule is CCCOc1cccc(-c2ccc(CN)c(=O)n2C)c1. The van der Waals surface area contributed by atoms with Crippen molar-refractivity contribution in [1.29, 1.82) is 0 Å². The molecule has 0 bridgehead atoms. The molecule has 1 heterocycles. The largest absolute Gasteiger partial charge is 0.494 e. The first-order valence-electron chi connectivity index (χ1n) is 6.79. The van der Waals surface area contributed by atoms with Crippen LogP contribution in [0.5, 0.6) is 5.75 Å². The van der Waals surface area contributed by atoms with Gasteiger partial charge in [-0.15, -0.1) is 0 Å². The minimum atomic E-state index is -0.0510. The quantitative estimate of drug-likeness (QED) is 0.908. The molecule has 0 aliphatic rings. The number of hydrogen-bond donors (Lipinski definition) is 1. The van der Waals surface area contributed by atoms with E-state index in [1.54, 1.807) is 17.7 Å². The van der Waals surface area contributed by atoms with Gasteiger partial charge in [0.2, 0.25) is 0 Å². The number of hydrogen-bond acceptors (Lipinski definition) is 3. The molecule has 1 aromatic carbocycles. The fraction of sp³-hybridized carbons (Fsp3) is 0.312. The van der Waals surface area contributed by atoms with Crippen molar-refractivity contribution in [2.45, 2.75) is 19.9 Å². The Morgan fingerprint density at radius 2 is 2.05 bits per heavy atom. The Balaban J connectivity index is 2.41. The molecule has 0 fully saturated rings. The summed E-state index contributed by atoms with van der Waals surface area (Å²) in [5, 5.41) is 0. The van der Waals surface area contributed by atoms with Gasteiger partial charge in [-0.1, -0.05) is 25.1 Å². The molecule has 0 saturated carbocycles. The summed E-state index contributed by atoms with van der Waals surface area (Å²) >= 11 is 0. The van der Waals surface area contributed by atoms with E-state index >= 15 is 0 Å². The number of benzene rings is 1. The highest BCUT2D eigenvalue weighted by Gasteiger charge is 2.07. The average molecular weight is 272 g/mol. The van der Waals surface area contributed by atoms with Gasteiger partial charge in [0.1, 0.15) is 5.75 Å². The Kier molecular flexibility index (Phi) is 4.58. The van der Waals surface area contributed by atoms with E-state index in [-0.39, 0.29) is 12.1 Å². The van der Waals surface area contributed by atoms with Crippen LogP contribution < -0.4 is 16.0 Å². The number of pyridine rings is 1. The van der Waals surface area contributed by atoms with Gasteiger partial charge >= 0.3 is 0 Å². The fourth-order valence-corrected chi connectivity index (χ4v) is 2.10.